The average molecular weight is 146 g/mol. The monoisotopic (exact) mass is 146 g/mol. The van der Waals surface area contributed by atoms with Gasteiger partial charge in [0.25, 0.3) is 11.5 Å². The molecular weight excluding hydrogens is 140 g/mol. The number of nitrogen functional groups attached to an aromatic ring is 1. The second-order valence-corrected chi connectivity index (χ2v) is 1.66. The number of imidazole rings is 1. The Hall–Kier alpha value is -1.79. The number of aromatic nitrogens is 2. The van der Waals surface area contributed by atoms with Crippen LogP contribution in [0.1, 0.15) is 0 Å². The Morgan fingerprint density at radius 2 is 1.80 bits per heavy atom. The van der Waals surface area contributed by atoms with Crippen molar-refractivity contribution in [3.8, 4) is 5.88 Å². The van der Waals surface area contributed by atoms with Gasteiger partial charge in [0.05, 0.1) is 0 Å². The van der Waals surface area contributed by atoms with Gasteiger partial charge in [-0.25, -0.2) is 0 Å². The van der Waals surface area contributed by atoms with Gasteiger partial charge in [-0.05, 0) is 0 Å². The molecule has 0 fully saturated rings. The van der Waals surface area contributed by atoms with Gasteiger partial charge >= 0.3 is 0 Å². The number of nitrogens with two attached hydrogens (primary N) is 1. The number of aromatic hydroxyl groups is 1. The van der Waals surface area contributed by atoms with E-state index in [2.05, 4.69) is 0 Å². The molecule has 0 aromatic carbocycles. The van der Waals surface area contributed by atoms with Crippen molar-refractivity contribution in [3.05, 3.63) is 5.62 Å². The van der Waals surface area contributed by atoms with Crippen molar-refractivity contribution in [1.29, 1.82) is 5.41 Å². The predicted octanol–water partition coefficient (Wildman–Crippen LogP) is -1.47. The van der Waals surface area contributed by atoms with Crippen molar-refractivity contribution >= 4 is 5.82 Å². The van der Waals surface area contributed by atoms with Crippen LogP contribution < -0.4 is 11.4 Å². The van der Waals surface area contributed by atoms with Crippen LogP contribution in [0.5, 0.6) is 5.88 Å². The molecule has 0 bridgehead atoms. The first-order valence-electron chi connectivity index (χ1n) is 2.31. The molecule has 6 N–H and O–H groups in total. The molecule has 0 radical (unpaired) electrons. The van der Waals surface area contributed by atoms with Gasteiger partial charge in [-0.15, -0.1) is 9.46 Å². The van der Waals surface area contributed by atoms with E-state index in [-0.39, 0.29) is 9.46 Å². The Morgan fingerprint density at radius 1 is 1.30 bits per heavy atom. The standard InChI is InChI=1S/C3H6N4O3/c4-1-2(8)7(10)3(5)6(1)9/h5,8-10H,4H2. The molecule has 7 nitrogen and oxygen atoms in total. The molecule has 0 saturated carbocycles. The highest BCUT2D eigenvalue weighted by molar-refractivity contribution is 5.39. The fourth-order valence-electron chi connectivity index (χ4n) is 0.507. The Kier molecular flexibility index (Phi) is 1.01. The van der Waals surface area contributed by atoms with E-state index < -0.39 is 17.3 Å². The van der Waals surface area contributed by atoms with E-state index in [4.69, 9.17) is 26.7 Å². The van der Waals surface area contributed by atoms with Crippen LogP contribution in [0.2, 0.25) is 0 Å². The third kappa shape index (κ3) is 0.508. The van der Waals surface area contributed by atoms with Crippen molar-refractivity contribution in [1.82, 2.24) is 9.46 Å². The lowest BCUT2D eigenvalue weighted by Gasteiger charge is -1.88. The third-order valence-electron chi connectivity index (χ3n) is 1.06. The zero-order valence-corrected chi connectivity index (χ0v) is 4.81. The summed E-state index contributed by atoms with van der Waals surface area (Å²) < 4.78 is 0.199. The number of nitrogens with zero attached hydrogens (tertiary/aromatic N) is 2. The van der Waals surface area contributed by atoms with Gasteiger partial charge in [0.15, 0.2) is 0 Å². The van der Waals surface area contributed by atoms with Gasteiger partial charge in [-0.2, -0.15) is 0 Å². The lowest BCUT2D eigenvalue weighted by molar-refractivity contribution is 0.113. The number of hydrogen-bond acceptors (Lipinski definition) is 5. The van der Waals surface area contributed by atoms with Gasteiger partial charge in [-0.1, -0.05) is 0 Å². The summed E-state index contributed by atoms with van der Waals surface area (Å²) in [5, 5.41) is 32.8. The van der Waals surface area contributed by atoms with Gasteiger partial charge in [-0.3, -0.25) is 5.41 Å². The number of anilines is 1. The molecule has 56 valence electrons. The van der Waals surface area contributed by atoms with Crippen LogP contribution in [-0.2, 0) is 0 Å². The van der Waals surface area contributed by atoms with Crippen molar-refractivity contribution in [2.75, 3.05) is 5.73 Å². The quantitative estimate of drug-likeness (QED) is 0.287. The summed E-state index contributed by atoms with van der Waals surface area (Å²) >= 11 is 0. The Labute approximate surface area is 54.6 Å². The van der Waals surface area contributed by atoms with Gasteiger partial charge < -0.3 is 21.3 Å². The molecule has 0 aliphatic carbocycles. The lowest BCUT2D eigenvalue weighted by atomic mass is 10.7. The zero-order chi connectivity index (χ0) is 7.89. The molecular formula is C3H6N4O3. The summed E-state index contributed by atoms with van der Waals surface area (Å²) in [5.74, 6) is -1.24. The third-order valence-corrected chi connectivity index (χ3v) is 1.06. The highest BCUT2D eigenvalue weighted by atomic mass is 16.5. The molecule has 0 aliphatic rings. The maximum Gasteiger partial charge on any atom is 0.275 e. The van der Waals surface area contributed by atoms with E-state index in [9.17, 15) is 0 Å². The molecule has 1 heterocycles. The topological polar surface area (TPSA) is 120 Å². The van der Waals surface area contributed by atoms with Gasteiger partial charge in [0.1, 0.15) is 0 Å². The highest BCUT2D eigenvalue weighted by Gasteiger charge is 2.11. The van der Waals surface area contributed by atoms with Crippen molar-refractivity contribution in [2.45, 2.75) is 0 Å². The van der Waals surface area contributed by atoms with Crippen LogP contribution in [0.15, 0.2) is 0 Å². The molecule has 0 spiro atoms. The van der Waals surface area contributed by atoms with Crippen LogP contribution in [0.4, 0.5) is 5.82 Å². The van der Waals surface area contributed by atoms with Crippen molar-refractivity contribution in [3.63, 3.8) is 0 Å². The molecule has 1 aromatic heterocycles. The second-order valence-electron chi connectivity index (χ2n) is 1.66. The van der Waals surface area contributed by atoms with Crippen molar-refractivity contribution in [2.24, 2.45) is 0 Å². The summed E-state index contributed by atoms with van der Waals surface area (Å²) in [5.41, 5.74) is 4.25. The van der Waals surface area contributed by atoms with E-state index in [1.165, 1.54) is 0 Å². The minimum atomic E-state index is -0.757. The first-order valence-corrected chi connectivity index (χ1v) is 2.31. The molecule has 10 heavy (non-hydrogen) atoms. The maximum atomic E-state index is 8.70. The summed E-state index contributed by atoms with van der Waals surface area (Å²) in [7, 11) is 0. The van der Waals surface area contributed by atoms with Crippen LogP contribution in [-0.4, -0.2) is 25.0 Å². The summed E-state index contributed by atoms with van der Waals surface area (Å²) in [6.45, 7) is 0. The summed E-state index contributed by atoms with van der Waals surface area (Å²) in [6.07, 6.45) is 0. The lowest BCUT2D eigenvalue weighted by Crippen LogP contribution is -2.21. The molecule has 0 saturated heterocycles. The fourth-order valence-corrected chi connectivity index (χ4v) is 0.507. The van der Waals surface area contributed by atoms with E-state index in [0.717, 1.165) is 0 Å². The second kappa shape index (κ2) is 1.59. The fraction of sp³-hybridized carbons (Fsp3) is 0. The molecule has 1 rings (SSSR count). The minimum absolute atomic E-state index is 0.0509. The van der Waals surface area contributed by atoms with Crippen molar-refractivity contribution < 1.29 is 15.5 Å². The van der Waals surface area contributed by atoms with Gasteiger partial charge in [0, 0.05) is 0 Å². The SMILES string of the molecule is N=c1n(O)c(N)c(O)n1O. The normalized spacial score (nSPS) is 10.0. The number of hydrogen-bond donors (Lipinski definition) is 5. The van der Waals surface area contributed by atoms with Crippen LogP contribution in [0, 0.1) is 5.41 Å². The largest absolute Gasteiger partial charge is 0.490 e. The number of nitrogens with one attached hydrogen (secondary N) is 1. The Morgan fingerprint density at radius 3 is 1.90 bits per heavy atom. The Balaban J connectivity index is 3.60. The molecule has 7 heteroatoms. The minimum Gasteiger partial charge on any atom is -0.490 e. The Bertz CT molecular complexity index is 282. The molecule has 1 aromatic rings. The van der Waals surface area contributed by atoms with E-state index in [1.807, 2.05) is 0 Å². The van der Waals surface area contributed by atoms with Crippen LogP contribution in [0.3, 0.4) is 0 Å². The van der Waals surface area contributed by atoms with E-state index in [0.29, 0.717) is 0 Å². The van der Waals surface area contributed by atoms with Crippen LogP contribution in [0.25, 0.3) is 0 Å². The highest BCUT2D eigenvalue weighted by Crippen LogP contribution is 2.13. The molecule has 0 aliphatic heterocycles. The average Bonchev–Trinajstić information content (AvgIpc) is 2.07. The molecule has 0 unspecified atom stereocenters. The van der Waals surface area contributed by atoms with Crippen LogP contribution >= 0.6 is 0 Å². The molecule has 0 amide bonds. The number of rotatable bonds is 0. The smallest absolute Gasteiger partial charge is 0.275 e. The van der Waals surface area contributed by atoms with Gasteiger partial charge in [0.2, 0.25) is 5.82 Å². The summed E-state index contributed by atoms with van der Waals surface area (Å²) in [4.78, 5) is 0. The predicted molar refractivity (Wildman–Crippen MR) is 28.7 cm³/mol. The summed E-state index contributed by atoms with van der Waals surface area (Å²) in [6, 6.07) is 0. The first-order chi connectivity index (χ1) is 4.55. The first kappa shape index (κ1) is 6.33. The van der Waals surface area contributed by atoms with E-state index >= 15 is 0 Å². The van der Waals surface area contributed by atoms with E-state index in [1.54, 1.807) is 0 Å². The maximum absolute atomic E-state index is 8.70. The molecule has 0 atom stereocenters. The zero-order valence-electron chi connectivity index (χ0n) is 4.81.